The number of esters is 1. The van der Waals surface area contributed by atoms with Gasteiger partial charge in [0.1, 0.15) is 18.1 Å². The predicted molar refractivity (Wildman–Crippen MR) is 90.6 cm³/mol. The zero-order valence-electron chi connectivity index (χ0n) is 11.8. The molecule has 0 aliphatic rings. The Hall–Kier alpha value is -1.37. The van der Waals surface area contributed by atoms with Gasteiger partial charge in [-0.2, -0.15) is 0 Å². The summed E-state index contributed by atoms with van der Waals surface area (Å²) in [7, 11) is 1.61. The molecule has 6 heteroatoms. The van der Waals surface area contributed by atoms with E-state index in [2.05, 4.69) is 31.9 Å². The van der Waals surface area contributed by atoms with Gasteiger partial charge in [-0.15, -0.1) is 0 Å². The smallest absolute Gasteiger partial charge is 0.343 e. The Kier molecular flexibility index (Phi) is 6.42. The molecule has 0 saturated carbocycles. The minimum atomic E-state index is -0.425. The van der Waals surface area contributed by atoms with Crippen LogP contribution in [-0.4, -0.2) is 26.3 Å². The van der Waals surface area contributed by atoms with Gasteiger partial charge in [0.25, 0.3) is 0 Å². The number of benzene rings is 2. The lowest BCUT2D eigenvalue weighted by Crippen LogP contribution is -2.09. The summed E-state index contributed by atoms with van der Waals surface area (Å²) in [6.45, 7) is 0.942. The van der Waals surface area contributed by atoms with E-state index in [0.29, 0.717) is 34.7 Å². The number of halogens is 2. The van der Waals surface area contributed by atoms with E-state index in [4.69, 9.17) is 14.2 Å². The highest BCUT2D eigenvalue weighted by molar-refractivity contribution is 9.10. The fraction of sp³-hybridized carbons (Fsp3) is 0.188. The van der Waals surface area contributed by atoms with Gasteiger partial charge in [0.15, 0.2) is 0 Å². The van der Waals surface area contributed by atoms with Crippen LogP contribution >= 0.6 is 31.9 Å². The van der Waals surface area contributed by atoms with Crippen LogP contribution in [0.15, 0.2) is 51.4 Å². The largest absolute Gasteiger partial charge is 0.490 e. The van der Waals surface area contributed by atoms with Gasteiger partial charge in [-0.05, 0) is 58.4 Å². The third-order valence-electron chi connectivity index (χ3n) is 2.74. The second-order valence-corrected chi connectivity index (χ2v) is 6.10. The van der Waals surface area contributed by atoms with Crippen molar-refractivity contribution < 1.29 is 19.0 Å². The minimum Gasteiger partial charge on any atom is -0.490 e. The Labute approximate surface area is 145 Å². The summed E-state index contributed by atoms with van der Waals surface area (Å²) in [5, 5.41) is 0. The molecule has 0 aliphatic heterocycles. The minimum absolute atomic E-state index is 0.425. The van der Waals surface area contributed by atoms with E-state index in [0.717, 1.165) is 4.47 Å². The van der Waals surface area contributed by atoms with Gasteiger partial charge < -0.3 is 14.2 Å². The number of carbonyl (C=O) groups excluding carboxylic acids is 1. The molecule has 0 saturated heterocycles. The van der Waals surface area contributed by atoms with Crippen molar-refractivity contribution in [2.45, 2.75) is 0 Å². The Bertz CT molecular complexity index is 641. The molecule has 0 heterocycles. The van der Waals surface area contributed by atoms with Gasteiger partial charge in [-0.25, -0.2) is 4.79 Å². The van der Waals surface area contributed by atoms with E-state index in [1.807, 2.05) is 12.1 Å². The third kappa shape index (κ3) is 4.83. The first-order valence-corrected chi connectivity index (χ1v) is 8.08. The SMILES string of the molecule is COCCOc1ccc(C(=O)Oc2ccc(Br)cc2)cc1Br. The summed E-state index contributed by atoms with van der Waals surface area (Å²) in [6, 6.07) is 12.1. The average Bonchev–Trinajstić information content (AvgIpc) is 2.51. The van der Waals surface area contributed by atoms with Gasteiger partial charge in [-0.3, -0.25) is 0 Å². The Morgan fingerprint density at radius 2 is 1.77 bits per heavy atom. The van der Waals surface area contributed by atoms with Crippen molar-refractivity contribution in [3.63, 3.8) is 0 Å². The first-order valence-electron chi connectivity index (χ1n) is 6.49. The molecule has 2 aromatic carbocycles. The molecular formula is C16H14Br2O4. The molecule has 0 spiro atoms. The van der Waals surface area contributed by atoms with Crippen LogP contribution < -0.4 is 9.47 Å². The number of rotatable bonds is 6. The van der Waals surface area contributed by atoms with E-state index in [1.54, 1.807) is 37.4 Å². The molecule has 0 amide bonds. The van der Waals surface area contributed by atoms with Crippen LogP contribution in [0, 0.1) is 0 Å². The molecular weight excluding hydrogens is 416 g/mol. The Morgan fingerprint density at radius 3 is 2.41 bits per heavy atom. The number of hydrogen-bond acceptors (Lipinski definition) is 4. The summed E-state index contributed by atoms with van der Waals surface area (Å²) in [5.74, 6) is 0.716. The van der Waals surface area contributed by atoms with Crippen LogP contribution in [0.5, 0.6) is 11.5 Å². The molecule has 0 radical (unpaired) electrons. The lowest BCUT2D eigenvalue weighted by atomic mass is 10.2. The number of methoxy groups -OCH3 is 1. The van der Waals surface area contributed by atoms with E-state index in [9.17, 15) is 4.79 Å². The lowest BCUT2D eigenvalue weighted by Gasteiger charge is -2.09. The topological polar surface area (TPSA) is 44.8 Å². The van der Waals surface area contributed by atoms with Crippen LogP contribution in [0.1, 0.15) is 10.4 Å². The highest BCUT2D eigenvalue weighted by Crippen LogP contribution is 2.27. The Balaban J connectivity index is 2.03. The summed E-state index contributed by atoms with van der Waals surface area (Å²) >= 11 is 6.71. The molecule has 116 valence electrons. The number of carbonyl (C=O) groups is 1. The van der Waals surface area contributed by atoms with Crippen molar-refractivity contribution in [3.05, 3.63) is 57.0 Å². The molecule has 22 heavy (non-hydrogen) atoms. The maximum Gasteiger partial charge on any atom is 0.343 e. The van der Waals surface area contributed by atoms with E-state index < -0.39 is 5.97 Å². The fourth-order valence-electron chi connectivity index (χ4n) is 1.65. The summed E-state index contributed by atoms with van der Waals surface area (Å²) in [6.07, 6.45) is 0. The van der Waals surface area contributed by atoms with Gasteiger partial charge in [-0.1, -0.05) is 15.9 Å². The van der Waals surface area contributed by atoms with Crippen molar-refractivity contribution >= 4 is 37.8 Å². The molecule has 0 atom stereocenters. The van der Waals surface area contributed by atoms with Gasteiger partial charge in [0.2, 0.25) is 0 Å². The summed E-state index contributed by atoms with van der Waals surface area (Å²) in [5.41, 5.74) is 0.439. The normalized spacial score (nSPS) is 10.3. The van der Waals surface area contributed by atoms with E-state index in [-0.39, 0.29) is 0 Å². The highest BCUT2D eigenvalue weighted by Gasteiger charge is 2.11. The van der Waals surface area contributed by atoms with Crippen molar-refractivity contribution in [2.24, 2.45) is 0 Å². The third-order valence-corrected chi connectivity index (χ3v) is 3.89. The Morgan fingerprint density at radius 1 is 1.05 bits per heavy atom. The molecule has 0 fully saturated rings. The molecule has 0 unspecified atom stereocenters. The first kappa shape index (κ1) is 17.0. The van der Waals surface area contributed by atoms with Crippen molar-refractivity contribution in [1.82, 2.24) is 0 Å². The summed E-state index contributed by atoms with van der Waals surface area (Å²) in [4.78, 5) is 12.1. The first-order chi connectivity index (χ1) is 10.6. The highest BCUT2D eigenvalue weighted by atomic mass is 79.9. The number of hydrogen-bond donors (Lipinski definition) is 0. The maximum absolute atomic E-state index is 12.1. The second kappa shape index (κ2) is 8.31. The van der Waals surface area contributed by atoms with Gasteiger partial charge in [0, 0.05) is 11.6 Å². The van der Waals surface area contributed by atoms with Crippen LogP contribution in [0.25, 0.3) is 0 Å². The van der Waals surface area contributed by atoms with Crippen molar-refractivity contribution in [1.29, 1.82) is 0 Å². The van der Waals surface area contributed by atoms with Crippen molar-refractivity contribution in [3.8, 4) is 11.5 Å². The van der Waals surface area contributed by atoms with Crippen LogP contribution in [0.2, 0.25) is 0 Å². The molecule has 2 aromatic rings. The standard InChI is InChI=1S/C16H14Br2O4/c1-20-8-9-21-15-7-2-11(10-14(15)18)16(19)22-13-5-3-12(17)4-6-13/h2-7,10H,8-9H2,1H3. The monoisotopic (exact) mass is 428 g/mol. The van der Waals surface area contributed by atoms with Gasteiger partial charge >= 0.3 is 5.97 Å². The molecule has 0 aliphatic carbocycles. The van der Waals surface area contributed by atoms with E-state index in [1.165, 1.54) is 0 Å². The number of ether oxygens (including phenoxy) is 3. The summed E-state index contributed by atoms with van der Waals surface area (Å²) < 4.78 is 17.4. The average molecular weight is 430 g/mol. The molecule has 0 bridgehead atoms. The zero-order chi connectivity index (χ0) is 15.9. The van der Waals surface area contributed by atoms with Crippen LogP contribution in [-0.2, 0) is 4.74 Å². The lowest BCUT2D eigenvalue weighted by molar-refractivity contribution is 0.0734. The zero-order valence-corrected chi connectivity index (χ0v) is 15.0. The fourth-order valence-corrected chi connectivity index (χ4v) is 2.41. The van der Waals surface area contributed by atoms with E-state index >= 15 is 0 Å². The van der Waals surface area contributed by atoms with Crippen LogP contribution in [0.4, 0.5) is 0 Å². The molecule has 0 N–H and O–H groups in total. The molecule has 0 aromatic heterocycles. The maximum atomic E-state index is 12.1. The van der Waals surface area contributed by atoms with Crippen molar-refractivity contribution in [2.75, 3.05) is 20.3 Å². The quantitative estimate of drug-likeness (QED) is 0.386. The second-order valence-electron chi connectivity index (χ2n) is 4.33. The van der Waals surface area contributed by atoms with Gasteiger partial charge in [0.05, 0.1) is 16.6 Å². The molecule has 4 nitrogen and oxygen atoms in total. The molecule has 2 rings (SSSR count). The predicted octanol–water partition coefficient (Wildman–Crippen LogP) is 4.46. The van der Waals surface area contributed by atoms with Crippen LogP contribution in [0.3, 0.4) is 0 Å².